The lowest BCUT2D eigenvalue weighted by Gasteiger charge is -2.20. The van der Waals surface area contributed by atoms with Crippen LogP contribution in [0.5, 0.6) is 5.75 Å². The van der Waals surface area contributed by atoms with Crippen molar-refractivity contribution in [2.45, 2.75) is 12.5 Å². The van der Waals surface area contributed by atoms with Crippen LogP contribution in [-0.4, -0.2) is 41.7 Å². The van der Waals surface area contributed by atoms with Crippen molar-refractivity contribution in [2.24, 2.45) is 5.10 Å². The second-order valence-electron chi connectivity index (χ2n) is 7.72. The van der Waals surface area contributed by atoms with Crippen molar-refractivity contribution in [3.8, 4) is 22.0 Å². The summed E-state index contributed by atoms with van der Waals surface area (Å²) in [6.07, 6.45) is 3.55. The minimum Gasteiger partial charge on any atom is -0.497 e. The number of para-hydroxylation sites is 1. The highest BCUT2D eigenvalue weighted by Gasteiger charge is 2.37. The average molecular weight is 479 g/mol. The topological polar surface area (TPSA) is 76.8 Å². The quantitative estimate of drug-likeness (QED) is 0.402. The first-order chi connectivity index (χ1) is 15.9. The number of thiophene rings is 1. The smallest absolute Gasteiger partial charge is 0.247 e. The Bertz CT molecular complexity index is 1390. The van der Waals surface area contributed by atoms with E-state index in [1.807, 2.05) is 78.3 Å². The zero-order valence-corrected chi connectivity index (χ0v) is 19.8. The number of methoxy groups -OCH3 is 1. The predicted molar refractivity (Wildman–Crippen MR) is 130 cm³/mol. The molecule has 0 unspecified atom stereocenters. The first kappa shape index (κ1) is 21.4. The van der Waals surface area contributed by atoms with Gasteiger partial charge in [0.1, 0.15) is 11.4 Å². The maximum Gasteiger partial charge on any atom is 0.247 e. The van der Waals surface area contributed by atoms with Crippen molar-refractivity contribution in [3.05, 3.63) is 89.4 Å². The van der Waals surface area contributed by atoms with E-state index >= 15 is 0 Å². The highest BCUT2D eigenvalue weighted by molar-refractivity contribution is 7.88. The summed E-state index contributed by atoms with van der Waals surface area (Å²) in [4.78, 5) is 0.978. The number of benzene rings is 2. The van der Waals surface area contributed by atoms with E-state index in [0.717, 1.165) is 33.1 Å². The molecule has 0 saturated heterocycles. The summed E-state index contributed by atoms with van der Waals surface area (Å²) in [6, 6.07) is 20.7. The Balaban J connectivity index is 1.60. The van der Waals surface area contributed by atoms with Crippen molar-refractivity contribution in [1.82, 2.24) is 14.2 Å². The number of nitrogens with zero attached hydrogens (tertiary/aromatic N) is 4. The monoisotopic (exact) mass is 478 g/mol. The van der Waals surface area contributed by atoms with Gasteiger partial charge in [0.15, 0.2) is 0 Å². The molecule has 1 aliphatic heterocycles. The average Bonchev–Trinajstić information content (AvgIpc) is 3.58. The molecule has 0 fully saturated rings. The molecule has 4 aromatic rings. The first-order valence-corrected chi connectivity index (χ1v) is 13.1. The van der Waals surface area contributed by atoms with Crippen LogP contribution in [0.1, 0.15) is 23.6 Å². The van der Waals surface area contributed by atoms with Crippen LogP contribution in [0.15, 0.2) is 83.4 Å². The summed E-state index contributed by atoms with van der Waals surface area (Å²) in [5.74, 6) is 0.734. The molecular formula is C24H22N4O3S2. The van der Waals surface area contributed by atoms with Gasteiger partial charge in [-0.05, 0) is 53.4 Å². The molecular weight excluding hydrogens is 456 g/mol. The Morgan fingerprint density at radius 1 is 1.03 bits per heavy atom. The summed E-state index contributed by atoms with van der Waals surface area (Å²) in [7, 11) is -2.00. The third-order valence-electron chi connectivity index (χ3n) is 5.51. The van der Waals surface area contributed by atoms with Gasteiger partial charge in [0.2, 0.25) is 10.0 Å². The van der Waals surface area contributed by atoms with Gasteiger partial charge in [-0.15, -0.1) is 11.3 Å². The van der Waals surface area contributed by atoms with Gasteiger partial charge in [-0.2, -0.15) is 14.6 Å². The minimum atomic E-state index is -3.61. The van der Waals surface area contributed by atoms with E-state index in [2.05, 4.69) is 5.10 Å². The van der Waals surface area contributed by atoms with E-state index in [-0.39, 0.29) is 0 Å². The second-order valence-corrected chi connectivity index (χ2v) is 10.5. The van der Waals surface area contributed by atoms with Gasteiger partial charge in [-0.1, -0.05) is 24.3 Å². The summed E-state index contributed by atoms with van der Waals surface area (Å²) in [5.41, 5.74) is 4.05. The molecule has 0 N–H and O–H groups in total. The molecule has 3 heterocycles. The van der Waals surface area contributed by atoms with Crippen LogP contribution < -0.4 is 4.74 Å². The first-order valence-electron chi connectivity index (χ1n) is 10.3. The number of ether oxygens (including phenoxy) is 1. The number of rotatable bonds is 6. The van der Waals surface area contributed by atoms with Crippen molar-refractivity contribution in [1.29, 1.82) is 0 Å². The standard InChI is InChI=1S/C24H22N4O3S2/c1-31-19-12-10-17(11-13-19)21-15-22(28(25-21)33(2,29)30)20-16-27(18-7-4-3-5-8-18)26-24(20)23-9-6-14-32-23/h3-14,16,22H,15H2,1-2H3/t22-/m1/s1. The van der Waals surface area contributed by atoms with E-state index < -0.39 is 16.1 Å². The lowest BCUT2D eigenvalue weighted by atomic mass is 9.99. The van der Waals surface area contributed by atoms with E-state index in [4.69, 9.17) is 9.84 Å². The van der Waals surface area contributed by atoms with E-state index in [0.29, 0.717) is 12.1 Å². The van der Waals surface area contributed by atoms with Crippen molar-refractivity contribution < 1.29 is 13.2 Å². The SMILES string of the molecule is COc1ccc(C2=NN(S(C)(=O)=O)[C@@H](c3cn(-c4ccccc4)nc3-c3cccs3)C2)cc1. The van der Waals surface area contributed by atoms with Crippen LogP contribution in [0.2, 0.25) is 0 Å². The highest BCUT2D eigenvalue weighted by atomic mass is 32.2. The Morgan fingerprint density at radius 2 is 1.79 bits per heavy atom. The van der Waals surface area contributed by atoms with E-state index in [9.17, 15) is 8.42 Å². The molecule has 168 valence electrons. The molecule has 7 nitrogen and oxygen atoms in total. The molecule has 9 heteroatoms. The number of hydrazone groups is 1. The highest BCUT2D eigenvalue weighted by Crippen LogP contribution is 2.40. The Kier molecular flexibility index (Phi) is 5.51. The molecule has 1 atom stereocenters. The molecule has 2 aromatic carbocycles. The molecule has 0 saturated carbocycles. The molecule has 0 amide bonds. The van der Waals surface area contributed by atoms with Gasteiger partial charge in [0.05, 0.1) is 35.7 Å². The molecule has 2 aromatic heterocycles. The van der Waals surface area contributed by atoms with Crippen molar-refractivity contribution in [3.63, 3.8) is 0 Å². The van der Waals surface area contributed by atoms with E-state index in [1.54, 1.807) is 23.1 Å². The van der Waals surface area contributed by atoms with Gasteiger partial charge >= 0.3 is 0 Å². The molecule has 0 aliphatic carbocycles. The Hall–Kier alpha value is -3.43. The van der Waals surface area contributed by atoms with Crippen molar-refractivity contribution >= 4 is 27.1 Å². The van der Waals surface area contributed by atoms with Crippen molar-refractivity contribution in [2.75, 3.05) is 13.4 Å². The van der Waals surface area contributed by atoms with Gasteiger partial charge in [-0.25, -0.2) is 13.1 Å². The molecule has 33 heavy (non-hydrogen) atoms. The third-order valence-corrected chi connectivity index (χ3v) is 7.40. The van der Waals surface area contributed by atoms with E-state index in [1.165, 1.54) is 10.7 Å². The maximum absolute atomic E-state index is 12.7. The Morgan fingerprint density at radius 3 is 2.42 bits per heavy atom. The predicted octanol–water partition coefficient (Wildman–Crippen LogP) is 4.72. The largest absolute Gasteiger partial charge is 0.497 e. The number of sulfonamides is 1. The van der Waals surface area contributed by atoms with Gasteiger partial charge in [0.25, 0.3) is 0 Å². The molecule has 1 aliphatic rings. The summed E-state index contributed by atoms with van der Waals surface area (Å²) in [5, 5.41) is 11.4. The zero-order valence-electron chi connectivity index (χ0n) is 18.1. The lowest BCUT2D eigenvalue weighted by molar-refractivity contribution is 0.375. The van der Waals surface area contributed by atoms with Gasteiger partial charge < -0.3 is 4.74 Å². The second kappa shape index (κ2) is 8.49. The Labute approximate surface area is 196 Å². The summed E-state index contributed by atoms with van der Waals surface area (Å²) < 4.78 is 33.8. The van der Waals surface area contributed by atoms with Crippen LogP contribution in [0.25, 0.3) is 16.3 Å². The van der Waals surface area contributed by atoms with Crippen LogP contribution in [-0.2, 0) is 10.0 Å². The van der Waals surface area contributed by atoms with Crippen LogP contribution in [0.4, 0.5) is 0 Å². The maximum atomic E-state index is 12.7. The molecule has 5 rings (SSSR count). The zero-order chi connectivity index (χ0) is 23.0. The number of hydrogen-bond donors (Lipinski definition) is 0. The fourth-order valence-corrected chi connectivity index (χ4v) is 5.56. The lowest BCUT2D eigenvalue weighted by Crippen LogP contribution is -2.26. The van der Waals surface area contributed by atoms with Gasteiger partial charge in [0, 0.05) is 18.2 Å². The van der Waals surface area contributed by atoms with Crippen LogP contribution >= 0.6 is 11.3 Å². The number of hydrogen-bond acceptors (Lipinski definition) is 6. The number of aromatic nitrogens is 2. The third kappa shape index (κ3) is 4.17. The summed E-state index contributed by atoms with van der Waals surface area (Å²) in [6.45, 7) is 0. The van der Waals surface area contributed by atoms with Crippen LogP contribution in [0, 0.1) is 0 Å². The summed E-state index contributed by atoms with van der Waals surface area (Å²) >= 11 is 1.57. The molecule has 0 radical (unpaired) electrons. The normalized spacial score (nSPS) is 16.1. The fourth-order valence-electron chi connectivity index (χ4n) is 3.93. The molecule has 0 bridgehead atoms. The minimum absolute atomic E-state index is 0.443. The van der Waals surface area contributed by atoms with Crippen LogP contribution in [0.3, 0.4) is 0 Å². The fraction of sp³-hybridized carbons (Fsp3) is 0.167. The van der Waals surface area contributed by atoms with Gasteiger partial charge in [-0.3, -0.25) is 0 Å². The molecule has 0 spiro atoms.